The van der Waals surface area contributed by atoms with Crippen molar-refractivity contribution in [3.8, 4) is 6.07 Å². The van der Waals surface area contributed by atoms with Gasteiger partial charge >= 0.3 is 0 Å². The molecule has 4 nitrogen and oxygen atoms in total. The van der Waals surface area contributed by atoms with Gasteiger partial charge in [-0.15, -0.1) is 0 Å². The van der Waals surface area contributed by atoms with E-state index in [0.717, 1.165) is 12.8 Å². The summed E-state index contributed by atoms with van der Waals surface area (Å²) in [4.78, 5) is 0. The average Bonchev–Trinajstić information content (AvgIpc) is 2.51. The Balaban J connectivity index is 2.18. The van der Waals surface area contributed by atoms with Gasteiger partial charge in [0.1, 0.15) is 0 Å². The van der Waals surface area contributed by atoms with E-state index in [0.29, 0.717) is 13.1 Å². The second kappa shape index (κ2) is 4.86. The van der Waals surface area contributed by atoms with Crippen LogP contribution in [0.15, 0.2) is 24.3 Å². The Morgan fingerprint density at radius 1 is 1.18 bits per heavy atom. The highest BCUT2D eigenvalue weighted by molar-refractivity contribution is 7.89. The lowest BCUT2D eigenvalue weighted by Crippen LogP contribution is -2.34. The molecule has 0 N–H and O–H groups in total. The monoisotopic (exact) mass is 250 g/mol. The standard InChI is InChI=1S/C12H14N2O2S/c13-7-10-17(15,16)14-8-5-11-3-1-2-4-12(11)6-9-14/h1-4H,5-6,8-10H2. The van der Waals surface area contributed by atoms with Crippen LogP contribution in [0.3, 0.4) is 0 Å². The molecule has 0 saturated heterocycles. The van der Waals surface area contributed by atoms with Crippen LogP contribution in [0.5, 0.6) is 0 Å². The SMILES string of the molecule is N#CCS(=O)(=O)N1CCc2ccccc2CC1. The smallest absolute Gasteiger partial charge is 0.211 e. The predicted octanol–water partition coefficient (Wildman–Crippen LogP) is 0.941. The van der Waals surface area contributed by atoms with Crippen molar-refractivity contribution in [3.05, 3.63) is 35.4 Å². The number of hydrogen-bond donors (Lipinski definition) is 0. The van der Waals surface area contributed by atoms with Crippen molar-refractivity contribution in [2.75, 3.05) is 18.8 Å². The van der Waals surface area contributed by atoms with Crippen LogP contribution in [0.2, 0.25) is 0 Å². The summed E-state index contributed by atoms with van der Waals surface area (Å²) in [7, 11) is -3.40. The van der Waals surface area contributed by atoms with Crippen molar-refractivity contribution in [1.29, 1.82) is 5.26 Å². The zero-order valence-electron chi connectivity index (χ0n) is 9.46. The summed E-state index contributed by atoms with van der Waals surface area (Å²) in [6.45, 7) is 0.946. The predicted molar refractivity (Wildman–Crippen MR) is 64.8 cm³/mol. The summed E-state index contributed by atoms with van der Waals surface area (Å²) in [6, 6.07) is 9.73. The van der Waals surface area contributed by atoms with Crippen LogP contribution in [0.4, 0.5) is 0 Å². The molecule has 5 heteroatoms. The zero-order valence-corrected chi connectivity index (χ0v) is 10.3. The highest BCUT2D eigenvalue weighted by atomic mass is 32.2. The fraction of sp³-hybridized carbons (Fsp3) is 0.417. The second-order valence-corrected chi connectivity index (χ2v) is 6.05. The Morgan fingerprint density at radius 2 is 1.71 bits per heavy atom. The average molecular weight is 250 g/mol. The van der Waals surface area contributed by atoms with Gasteiger partial charge in [-0.05, 0) is 24.0 Å². The maximum atomic E-state index is 11.8. The van der Waals surface area contributed by atoms with Gasteiger partial charge in [0.15, 0.2) is 5.75 Å². The third-order valence-electron chi connectivity index (χ3n) is 3.02. The van der Waals surface area contributed by atoms with Gasteiger partial charge in [-0.1, -0.05) is 24.3 Å². The molecule has 0 spiro atoms. The third kappa shape index (κ3) is 2.65. The minimum Gasteiger partial charge on any atom is -0.211 e. The molecule has 0 atom stereocenters. The van der Waals surface area contributed by atoms with Crippen molar-refractivity contribution in [1.82, 2.24) is 4.31 Å². The first-order chi connectivity index (χ1) is 8.13. The second-order valence-electron chi connectivity index (χ2n) is 4.08. The number of nitriles is 1. The molecule has 17 heavy (non-hydrogen) atoms. The van der Waals surface area contributed by atoms with Crippen LogP contribution >= 0.6 is 0 Å². The lowest BCUT2D eigenvalue weighted by Gasteiger charge is -2.17. The van der Waals surface area contributed by atoms with E-state index in [1.54, 1.807) is 6.07 Å². The van der Waals surface area contributed by atoms with Crippen LogP contribution < -0.4 is 0 Å². The normalized spacial score (nSPS) is 16.9. The molecule has 90 valence electrons. The first kappa shape index (κ1) is 12.1. The summed E-state index contributed by atoms with van der Waals surface area (Å²) in [5.41, 5.74) is 2.42. The van der Waals surface area contributed by atoms with Gasteiger partial charge in [-0.2, -0.15) is 5.26 Å². The Kier molecular flexibility index (Phi) is 3.46. The molecule has 2 rings (SSSR count). The largest absolute Gasteiger partial charge is 0.227 e. The molecule has 0 aromatic heterocycles. The van der Waals surface area contributed by atoms with Gasteiger partial charge in [-0.3, -0.25) is 0 Å². The van der Waals surface area contributed by atoms with Crippen molar-refractivity contribution in [2.45, 2.75) is 12.8 Å². The number of hydrogen-bond acceptors (Lipinski definition) is 3. The number of nitrogens with zero attached hydrogens (tertiary/aromatic N) is 2. The molecule has 0 radical (unpaired) electrons. The van der Waals surface area contributed by atoms with Gasteiger partial charge in [0.2, 0.25) is 10.0 Å². The lowest BCUT2D eigenvalue weighted by atomic mass is 10.0. The minimum absolute atomic E-state index is 0.427. The Bertz CT molecular complexity index is 519. The Hall–Kier alpha value is -1.38. The van der Waals surface area contributed by atoms with Gasteiger partial charge in [0.05, 0.1) is 6.07 Å². The molecular formula is C12H14N2O2S. The lowest BCUT2D eigenvalue weighted by molar-refractivity contribution is 0.429. The molecule has 1 aliphatic rings. The van der Waals surface area contributed by atoms with Crippen LogP contribution in [0.25, 0.3) is 0 Å². The molecule has 1 heterocycles. The van der Waals surface area contributed by atoms with Gasteiger partial charge in [0.25, 0.3) is 0 Å². The highest BCUT2D eigenvalue weighted by Gasteiger charge is 2.23. The van der Waals surface area contributed by atoms with E-state index in [1.807, 2.05) is 24.3 Å². The van der Waals surface area contributed by atoms with Crippen LogP contribution in [-0.2, 0) is 22.9 Å². The van der Waals surface area contributed by atoms with E-state index in [1.165, 1.54) is 15.4 Å². The fourth-order valence-corrected chi connectivity index (χ4v) is 3.18. The zero-order chi connectivity index (χ0) is 12.3. The molecule has 0 bridgehead atoms. The van der Waals surface area contributed by atoms with Crippen molar-refractivity contribution in [3.63, 3.8) is 0 Å². The molecule has 0 amide bonds. The number of fused-ring (bicyclic) bond motifs is 1. The maximum Gasteiger partial charge on any atom is 0.227 e. The van der Waals surface area contributed by atoms with E-state index in [4.69, 9.17) is 5.26 Å². The minimum atomic E-state index is -3.40. The van der Waals surface area contributed by atoms with E-state index in [9.17, 15) is 8.42 Å². The molecule has 0 saturated carbocycles. The summed E-state index contributed by atoms with van der Waals surface area (Å²) >= 11 is 0. The summed E-state index contributed by atoms with van der Waals surface area (Å²) in [5, 5.41) is 8.52. The molecule has 1 aromatic rings. The van der Waals surface area contributed by atoms with E-state index in [2.05, 4.69) is 0 Å². The van der Waals surface area contributed by atoms with E-state index >= 15 is 0 Å². The molecule has 1 aromatic carbocycles. The van der Waals surface area contributed by atoms with Crippen LogP contribution in [0.1, 0.15) is 11.1 Å². The van der Waals surface area contributed by atoms with Crippen molar-refractivity contribution < 1.29 is 8.42 Å². The Morgan fingerprint density at radius 3 is 2.18 bits per heavy atom. The van der Waals surface area contributed by atoms with Gasteiger partial charge < -0.3 is 0 Å². The van der Waals surface area contributed by atoms with E-state index < -0.39 is 15.8 Å². The molecule has 0 unspecified atom stereocenters. The number of sulfonamides is 1. The van der Waals surface area contributed by atoms with Crippen molar-refractivity contribution in [2.24, 2.45) is 0 Å². The Labute approximate surface area is 102 Å². The first-order valence-corrected chi connectivity index (χ1v) is 7.16. The van der Waals surface area contributed by atoms with Crippen molar-refractivity contribution >= 4 is 10.0 Å². The molecule has 0 fully saturated rings. The molecular weight excluding hydrogens is 236 g/mol. The van der Waals surface area contributed by atoms with Gasteiger partial charge in [0, 0.05) is 13.1 Å². The summed E-state index contributed by atoms with van der Waals surface area (Å²) in [5.74, 6) is -0.427. The fourth-order valence-electron chi connectivity index (χ4n) is 2.10. The topological polar surface area (TPSA) is 61.2 Å². The first-order valence-electron chi connectivity index (χ1n) is 5.55. The van der Waals surface area contributed by atoms with E-state index in [-0.39, 0.29) is 0 Å². The maximum absolute atomic E-state index is 11.8. The van der Waals surface area contributed by atoms with Crippen LogP contribution in [0, 0.1) is 11.3 Å². The van der Waals surface area contributed by atoms with Crippen LogP contribution in [-0.4, -0.2) is 31.6 Å². The molecule has 0 aliphatic carbocycles. The quantitative estimate of drug-likeness (QED) is 0.785. The number of rotatable bonds is 2. The summed E-state index contributed by atoms with van der Waals surface area (Å²) < 4.78 is 25.0. The number of benzene rings is 1. The van der Waals surface area contributed by atoms with Gasteiger partial charge in [-0.25, -0.2) is 12.7 Å². The highest BCUT2D eigenvalue weighted by Crippen LogP contribution is 2.17. The third-order valence-corrected chi connectivity index (χ3v) is 4.67. The molecule has 1 aliphatic heterocycles. The summed E-state index contributed by atoms with van der Waals surface area (Å²) in [6.07, 6.45) is 1.45.